The van der Waals surface area contributed by atoms with Crippen LogP contribution in [0.5, 0.6) is 11.5 Å². The smallest absolute Gasteiger partial charge is 0.161 e. The average Bonchev–Trinajstić information content (AvgIpc) is 2.50. The number of rotatable bonds is 5. The Bertz CT molecular complexity index is 526. The van der Waals surface area contributed by atoms with E-state index in [9.17, 15) is 10.2 Å². The molecular formula is C18H27NO2. The van der Waals surface area contributed by atoms with Gasteiger partial charge in [-0.2, -0.15) is 0 Å². The van der Waals surface area contributed by atoms with Crippen LogP contribution in [0.1, 0.15) is 44.2 Å². The topological polar surface area (TPSA) is 52.5 Å². The van der Waals surface area contributed by atoms with E-state index < -0.39 is 0 Å². The first-order valence-corrected chi connectivity index (χ1v) is 7.84. The van der Waals surface area contributed by atoms with Gasteiger partial charge >= 0.3 is 0 Å². The predicted octanol–water partition coefficient (Wildman–Crippen LogP) is 3.49. The Labute approximate surface area is 127 Å². The summed E-state index contributed by atoms with van der Waals surface area (Å²) >= 11 is 0. The van der Waals surface area contributed by atoms with E-state index in [1.165, 1.54) is 0 Å². The van der Waals surface area contributed by atoms with Crippen molar-refractivity contribution in [3.05, 3.63) is 35.9 Å². The summed E-state index contributed by atoms with van der Waals surface area (Å²) in [6.07, 6.45) is 5.60. The van der Waals surface area contributed by atoms with Gasteiger partial charge < -0.3 is 15.5 Å². The number of aromatic hydroxyl groups is 2. The number of hydrogen-bond donors (Lipinski definition) is 3. The first-order valence-electron chi connectivity index (χ1n) is 7.84. The summed E-state index contributed by atoms with van der Waals surface area (Å²) in [5.41, 5.74) is 1.97. The molecule has 0 saturated heterocycles. The SMILES string of the molecule is C=CCCC1(CC)c2c(ccc(O)c2O)CC(NC)C1C. The van der Waals surface area contributed by atoms with Crippen molar-refractivity contribution in [1.82, 2.24) is 5.32 Å². The number of fused-ring (bicyclic) bond motifs is 1. The minimum Gasteiger partial charge on any atom is -0.504 e. The Morgan fingerprint density at radius 3 is 2.71 bits per heavy atom. The summed E-state index contributed by atoms with van der Waals surface area (Å²) in [6, 6.07) is 3.94. The molecule has 1 aliphatic carbocycles. The van der Waals surface area contributed by atoms with Crippen LogP contribution in [0.25, 0.3) is 0 Å². The van der Waals surface area contributed by atoms with Crippen molar-refractivity contribution < 1.29 is 10.2 Å². The summed E-state index contributed by atoms with van der Waals surface area (Å²) < 4.78 is 0. The van der Waals surface area contributed by atoms with Gasteiger partial charge in [-0.1, -0.05) is 26.0 Å². The first-order chi connectivity index (χ1) is 10.0. The fraction of sp³-hybridized carbons (Fsp3) is 0.556. The summed E-state index contributed by atoms with van der Waals surface area (Å²) in [5, 5.41) is 23.9. The quantitative estimate of drug-likeness (QED) is 0.574. The largest absolute Gasteiger partial charge is 0.504 e. The van der Waals surface area contributed by atoms with Gasteiger partial charge in [-0.25, -0.2) is 0 Å². The molecule has 3 atom stereocenters. The van der Waals surface area contributed by atoms with Gasteiger partial charge in [-0.3, -0.25) is 0 Å². The maximum Gasteiger partial charge on any atom is 0.161 e. The molecule has 1 aliphatic rings. The molecule has 3 N–H and O–H groups in total. The highest BCUT2D eigenvalue weighted by atomic mass is 16.3. The highest BCUT2D eigenvalue weighted by molar-refractivity contribution is 5.55. The van der Waals surface area contributed by atoms with Gasteiger partial charge in [0.15, 0.2) is 11.5 Å². The third-order valence-electron chi connectivity index (χ3n) is 5.45. The van der Waals surface area contributed by atoms with Crippen LogP contribution >= 0.6 is 0 Å². The number of hydrogen-bond acceptors (Lipinski definition) is 3. The molecule has 2 rings (SSSR count). The van der Waals surface area contributed by atoms with Crippen molar-refractivity contribution in [1.29, 1.82) is 0 Å². The molecule has 0 saturated carbocycles. The molecule has 0 radical (unpaired) electrons. The van der Waals surface area contributed by atoms with Gasteiger partial charge in [0.1, 0.15) is 0 Å². The lowest BCUT2D eigenvalue weighted by molar-refractivity contribution is 0.178. The molecule has 116 valence electrons. The second kappa shape index (κ2) is 6.10. The molecule has 0 heterocycles. The van der Waals surface area contributed by atoms with Gasteiger partial charge in [0.25, 0.3) is 0 Å². The second-order valence-electron chi connectivity index (χ2n) is 6.19. The van der Waals surface area contributed by atoms with E-state index in [1.807, 2.05) is 19.2 Å². The van der Waals surface area contributed by atoms with Crippen molar-refractivity contribution in [3.8, 4) is 11.5 Å². The van der Waals surface area contributed by atoms with E-state index in [-0.39, 0.29) is 16.9 Å². The highest BCUT2D eigenvalue weighted by Crippen LogP contribution is 2.52. The summed E-state index contributed by atoms with van der Waals surface area (Å²) in [5.74, 6) is 0.438. The lowest BCUT2D eigenvalue weighted by atomic mass is 9.58. The maximum absolute atomic E-state index is 10.5. The zero-order chi connectivity index (χ0) is 15.6. The molecule has 1 aromatic carbocycles. The Morgan fingerprint density at radius 2 is 2.14 bits per heavy atom. The van der Waals surface area contributed by atoms with Gasteiger partial charge in [0, 0.05) is 17.0 Å². The molecular weight excluding hydrogens is 262 g/mol. The molecule has 3 unspecified atom stereocenters. The monoisotopic (exact) mass is 289 g/mol. The summed E-state index contributed by atoms with van der Waals surface area (Å²) in [6.45, 7) is 8.26. The van der Waals surface area contributed by atoms with Crippen molar-refractivity contribution in [3.63, 3.8) is 0 Å². The number of nitrogens with one attached hydrogen (secondary N) is 1. The van der Waals surface area contributed by atoms with E-state index in [4.69, 9.17) is 0 Å². The fourth-order valence-corrected chi connectivity index (χ4v) is 4.11. The van der Waals surface area contributed by atoms with Crippen molar-refractivity contribution in [2.75, 3.05) is 7.05 Å². The van der Waals surface area contributed by atoms with Crippen LogP contribution in [-0.4, -0.2) is 23.3 Å². The Balaban J connectivity index is 2.65. The number of phenols is 2. The van der Waals surface area contributed by atoms with Gasteiger partial charge in [0.05, 0.1) is 0 Å². The number of benzene rings is 1. The minimum atomic E-state index is -0.127. The molecule has 21 heavy (non-hydrogen) atoms. The van der Waals surface area contributed by atoms with Gasteiger partial charge in [0.2, 0.25) is 0 Å². The minimum absolute atomic E-state index is 0.0136. The third-order valence-corrected chi connectivity index (χ3v) is 5.45. The molecule has 0 aliphatic heterocycles. The van der Waals surface area contributed by atoms with Crippen molar-refractivity contribution in [2.24, 2.45) is 5.92 Å². The van der Waals surface area contributed by atoms with Crippen molar-refractivity contribution in [2.45, 2.75) is 51.0 Å². The zero-order valence-electron chi connectivity index (χ0n) is 13.3. The predicted molar refractivity (Wildman–Crippen MR) is 86.9 cm³/mol. The second-order valence-corrected chi connectivity index (χ2v) is 6.19. The number of phenolic OH excluding ortho intramolecular Hbond substituents is 2. The van der Waals surface area contributed by atoms with E-state index in [0.29, 0.717) is 12.0 Å². The molecule has 0 fully saturated rings. The highest BCUT2D eigenvalue weighted by Gasteiger charge is 2.46. The van der Waals surface area contributed by atoms with Crippen LogP contribution in [0.4, 0.5) is 0 Å². The lowest BCUT2D eigenvalue weighted by Crippen LogP contribution is -2.50. The Kier molecular flexibility index (Phi) is 4.62. The average molecular weight is 289 g/mol. The van der Waals surface area contributed by atoms with Crippen LogP contribution in [-0.2, 0) is 11.8 Å². The first kappa shape index (κ1) is 15.9. The summed E-state index contributed by atoms with van der Waals surface area (Å²) in [7, 11) is 2.00. The number of likely N-dealkylation sites (N-methyl/N-ethyl adjacent to an activating group) is 1. The van der Waals surface area contributed by atoms with Crippen LogP contribution in [0.2, 0.25) is 0 Å². The van der Waals surface area contributed by atoms with Gasteiger partial charge in [-0.05, 0) is 50.3 Å². The zero-order valence-corrected chi connectivity index (χ0v) is 13.3. The molecule has 0 spiro atoms. The van der Waals surface area contributed by atoms with Crippen molar-refractivity contribution >= 4 is 0 Å². The molecule has 1 aromatic rings. The van der Waals surface area contributed by atoms with E-state index in [1.54, 1.807) is 6.07 Å². The van der Waals surface area contributed by atoms with Crippen LogP contribution < -0.4 is 5.32 Å². The normalized spacial score (nSPS) is 28.1. The van der Waals surface area contributed by atoms with E-state index in [0.717, 1.165) is 36.8 Å². The Hall–Kier alpha value is -1.48. The molecule has 3 nitrogen and oxygen atoms in total. The number of allylic oxidation sites excluding steroid dienone is 1. The summed E-state index contributed by atoms with van der Waals surface area (Å²) in [4.78, 5) is 0. The van der Waals surface area contributed by atoms with Crippen LogP contribution in [0, 0.1) is 5.92 Å². The fourth-order valence-electron chi connectivity index (χ4n) is 4.11. The lowest BCUT2D eigenvalue weighted by Gasteiger charge is -2.48. The molecule has 3 heteroatoms. The van der Waals surface area contributed by atoms with E-state index in [2.05, 4.69) is 25.7 Å². The third kappa shape index (κ3) is 2.44. The van der Waals surface area contributed by atoms with Crippen LogP contribution in [0.3, 0.4) is 0 Å². The van der Waals surface area contributed by atoms with Gasteiger partial charge in [-0.15, -0.1) is 6.58 Å². The standard InChI is InChI=1S/C18H27NO2/c1-5-7-10-18(6-2)12(3)14(19-4)11-13-8-9-15(20)17(21)16(13)18/h5,8-9,12,14,19-21H,1,6-7,10-11H2,2-4H3. The molecule has 0 amide bonds. The molecule has 0 aromatic heterocycles. The van der Waals surface area contributed by atoms with E-state index >= 15 is 0 Å². The maximum atomic E-state index is 10.5. The van der Waals surface area contributed by atoms with Crippen LogP contribution in [0.15, 0.2) is 24.8 Å². The Morgan fingerprint density at radius 1 is 1.43 bits per heavy atom. The molecule has 0 bridgehead atoms.